The molecule has 0 radical (unpaired) electrons. The van der Waals surface area contributed by atoms with Crippen molar-refractivity contribution in [3.63, 3.8) is 0 Å². The summed E-state index contributed by atoms with van der Waals surface area (Å²) in [5.74, 6) is 0. The van der Waals surface area contributed by atoms with Gasteiger partial charge in [0.15, 0.2) is 4.96 Å². The molecule has 3 aromatic heterocycles. The second-order valence-corrected chi connectivity index (χ2v) is 5.98. The number of aromatic nitrogens is 2. The number of thiophene rings is 1. The minimum absolute atomic E-state index is 0.0138. The molecule has 0 amide bonds. The van der Waals surface area contributed by atoms with Gasteiger partial charge in [0.2, 0.25) is 0 Å². The van der Waals surface area contributed by atoms with Crippen LogP contribution in [0.15, 0.2) is 45.9 Å². The highest BCUT2D eigenvalue weighted by Crippen LogP contribution is 2.15. The van der Waals surface area contributed by atoms with Crippen LogP contribution >= 0.6 is 22.7 Å². The molecule has 4 rings (SSSR count). The zero-order chi connectivity index (χ0) is 12.8. The summed E-state index contributed by atoms with van der Waals surface area (Å²) in [7, 11) is 0. The molecule has 4 aromatic rings. The quantitative estimate of drug-likeness (QED) is 0.538. The van der Waals surface area contributed by atoms with Gasteiger partial charge in [-0.1, -0.05) is 23.5 Å². The van der Waals surface area contributed by atoms with Gasteiger partial charge in [-0.2, -0.15) is 11.3 Å². The van der Waals surface area contributed by atoms with Crippen LogP contribution in [0.1, 0.15) is 5.56 Å². The van der Waals surface area contributed by atoms with E-state index in [1.807, 2.05) is 47.2 Å². The Kier molecular flexibility index (Phi) is 2.30. The molecule has 0 aliphatic rings. The van der Waals surface area contributed by atoms with Crippen LogP contribution in [-0.4, -0.2) is 9.38 Å². The number of hydrogen-bond donors (Lipinski definition) is 0. The highest BCUT2D eigenvalue weighted by atomic mass is 32.1. The molecule has 0 spiro atoms. The summed E-state index contributed by atoms with van der Waals surface area (Å²) in [6, 6.07) is 9.72. The second-order valence-electron chi connectivity index (χ2n) is 4.19. The van der Waals surface area contributed by atoms with Crippen molar-refractivity contribution in [2.45, 2.75) is 0 Å². The summed E-state index contributed by atoms with van der Waals surface area (Å²) in [5.41, 5.74) is 2.83. The molecule has 0 N–H and O–H groups in total. The standard InChI is InChI=1S/C14H8N2OS2/c17-13-12(7-9-5-6-18-8-9)19-14-15-10-3-1-2-4-11(10)16(13)14/h1-8H/b12-7-. The number of imidazole rings is 1. The van der Waals surface area contributed by atoms with E-state index in [2.05, 4.69) is 4.98 Å². The number of hydrogen-bond acceptors (Lipinski definition) is 4. The minimum Gasteiger partial charge on any atom is -0.267 e. The van der Waals surface area contributed by atoms with Gasteiger partial charge in [-0.15, -0.1) is 0 Å². The average Bonchev–Trinajstić information content (AvgIpc) is 3.09. The topological polar surface area (TPSA) is 34.4 Å². The Balaban J connectivity index is 2.11. The third-order valence-corrected chi connectivity index (χ3v) is 4.66. The fourth-order valence-corrected chi connectivity index (χ4v) is 3.73. The maximum Gasteiger partial charge on any atom is 0.274 e. The molecule has 3 nitrogen and oxygen atoms in total. The summed E-state index contributed by atoms with van der Waals surface area (Å²) in [6.07, 6.45) is 1.92. The Labute approximate surface area is 116 Å². The van der Waals surface area contributed by atoms with E-state index in [0.717, 1.165) is 26.1 Å². The molecule has 0 saturated carbocycles. The molecular weight excluding hydrogens is 276 g/mol. The highest BCUT2D eigenvalue weighted by molar-refractivity contribution is 7.15. The van der Waals surface area contributed by atoms with Gasteiger partial charge < -0.3 is 0 Å². The van der Waals surface area contributed by atoms with Crippen molar-refractivity contribution < 1.29 is 0 Å². The molecule has 0 aliphatic carbocycles. The predicted octanol–water partition coefficient (Wildman–Crippen LogP) is 2.52. The zero-order valence-electron chi connectivity index (χ0n) is 9.74. The van der Waals surface area contributed by atoms with Crippen LogP contribution in [0.2, 0.25) is 0 Å². The second kappa shape index (κ2) is 4.01. The largest absolute Gasteiger partial charge is 0.274 e. The van der Waals surface area contributed by atoms with E-state index in [9.17, 15) is 4.79 Å². The van der Waals surface area contributed by atoms with Crippen molar-refractivity contribution >= 4 is 44.7 Å². The van der Waals surface area contributed by atoms with Crippen LogP contribution in [0, 0.1) is 0 Å². The van der Waals surface area contributed by atoms with E-state index >= 15 is 0 Å². The number of rotatable bonds is 1. The van der Waals surface area contributed by atoms with Crippen LogP contribution < -0.4 is 10.1 Å². The summed E-state index contributed by atoms with van der Waals surface area (Å²) in [6.45, 7) is 0. The number of thiazole rings is 1. The van der Waals surface area contributed by atoms with Crippen LogP contribution in [0.5, 0.6) is 0 Å². The van der Waals surface area contributed by atoms with Gasteiger partial charge in [0.25, 0.3) is 5.56 Å². The molecule has 1 aromatic carbocycles. The fourth-order valence-electron chi connectivity index (χ4n) is 2.12. The lowest BCUT2D eigenvalue weighted by atomic mass is 10.3. The molecule has 3 heterocycles. The maximum atomic E-state index is 12.4. The zero-order valence-corrected chi connectivity index (χ0v) is 11.4. The Bertz CT molecular complexity index is 980. The van der Waals surface area contributed by atoms with Crippen molar-refractivity contribution in [1.82, 2.24) is 9.38 Å². The first-order valence-electron chi connectivity index (χ1n) is 5.77. The van der Waals surface area contributed by atoms with Gasteiger partial charge >= 0.3 is 0 Å². The Morgan fingerprint density at radius 2 is 2.11 bits per heavy atom. The molecule has 0 atom stereocenters. The van der Waals surface area contributed by atoms with Gasteiger partial charge in [-0.25, -0.2) is 9.38 Å². The Morgan fingerprint density at radius 3 is 2.95 bits per heavy atom. The third-order valence-electron chi connectivity index (χ3n) is 2.99. The van der Waals surface area contributed by atoms with Crippen LogP contribution in [0.4, 0.5) is 0 Å². The van der Waals surface area contributed by atoms with E-state index in [0.29, 0.717) is 0 Å². The van der Waals surface area contributed by atoms with Crippen LogP contribution in [0.25, 0.3) is 22.1 Å². The third kappa shape index (κ3) is 1.63. The van der Waals surface area contributed by atoms with E-state index in [4.69, 9.17) is 0 Å². The number of fused-ring (bicyclic) bond motifs is 3. The van der Waals surface area contributed by atoms with Crippen molar-refractivity contribution in [3.8, 4) is 0 Å². The molecule has 0 aliphatic heterocycles. The Morgan fingerprint density at radius 1 is 1.21 bits per heavy atom. The summed E-state index contributed by atoms with van der Waals surface area (Å²) < 4.78 is 2.42. The van der Waals surface area contributed by atoms with Crippen LogP contribution in [0.3, 0.4) is 0 Å². The van der Waals surface area contributed by atoms with Gasteiger partial charge in [0.05, 0.1) is 15.6 Å². The summed E-state index contributed by atoms with van der Waals surface area (Å²) in [5, 5.41) is 4.03. The first-order chi connectivity index (χ1) is 9.33. The molecule has 0 saturated heterocycles. The molecule has 5 heteroatoms. The monoisotopic (exact) mass is 284 g/mol. The van der Waals surface area contributed by atoms with Gasteiger partial charge in [0, 0.05) is 0 Å². The number of para-hydroxylation sites is 2. The highest BCUT2D eigenvalue weighted by Gasteiger charge is 2.10. The number of benzene rings is 1. The van der Waals surface area contributed by atoms with E-state index in [1.165, 1.54) is 11.3 Å². The fraction of sp³-hybridized carbons (Fsp3) is 0. The molecule has 0 bridgehead atoms. The molecule has 19 heavy (non-hydrogen) atoms. The predicted molar refractivity (Wildman–Crippen MR) is 79.9 cm³/mol. The maximum absolute atomic E-state index is 12.4. The van der Waals surface area contributed by atoms with Crippen molar-refractivity contribution in [2.75, 3.05) is 0 Å². The lowest BCUT2D eigenvalue weighted by Gasteiger charge is -1.86. The lowest BCUT2D eigenvalue weighted by molar-refractivity contribution is 1.19. The van der Waals surface area contributed by atoms with E-state index < -0.39 is 0 Å². The van der Waals surface area contributed by atoms with Crippen LogP contribution in [-0.2, 0) is 0 Å². The van der Waals surface area contributed by atoms with E-state index in [1.54, 1.807) is 15.7 Å². The summed E-state index contributed by atoms with van der Waals surface area (Å²) in [4.78, 5) is 17.7. The first kappa shape index (κ1) is 10.9. The van der Waals surface area contributed by atoms with Crippen molar-refractivity contribution in [1.29, 1.82) is 0 Å². The van der Waals surface area contributed by atoms with Crippen molar-refractivity contribution in [2.24, 2.45) is 0 Å². The molecule has 92 valence electrons. The smallest absolute Gasteiger partial charge is 0.267 e. The average molecular weight is 284 g/mol. The van der Waals surface area contributed by atoms with Gasteiger partial charge in [0.1, 0.15) is 0 Å². The minimum atomic E-state index is 0.0138. The molecular formula is C14H8N2OS2. The normalized spacial score (nSPS) is 12.7. The lowest BCUT2D eigenvalue weighted by Crippen LogP contribution is -2.22. The first-order valence-corrected chi connectivity index (χ1v) is 7.53. The Hall–Kier alpha value is -1.98. The van der Waals surface area contributed by atoms with Gasteiger partial charge in [-0.05, 0) is 40.6 Å². The molecule has 0 unspecified atom stereocenters. The summed E-state index contributed by atoms with van der Waals surface area (Å²) >= 11 is 3.06. The SMILES string of the molecule is O=c1/c(=C/c2ccsc2)sc2nc3ccccc3n12. The number of nitrogens with zero attached hydrogens (tertiary/aromatic N) is 2. The molecule has 0 fully saturated rings. The van der Waals surface area contributed by atoms with Gasteiger partial charge in [-0.3, -0.25) is 4.79 Å². The van der Waals surface area contributed by atoms with E-state index in [-0.39, 0.29) is 5.56 Å². The van der Waals surface area contributed by atoms with Crippen molar-refractivity contribution in [3.05, 3.63) is 61.5 Å².